The molecule has 38 heavy (non-hydrogen) atoms. The molecule has 0 aliphatic carbocycles. The number of nitrogens with two attached hydrogens (primary N) is 1. The molecule has 4 aromatic rings. The quantitative estimate of drug-likeness (QED) is 0.185. The van der Waals surface area contributed by atoms with E-state index in [-0.39, 0.29) is 6.10 Å². The SMILES string of the molecule is C[C@@H](Oc1cc(-n2cnc3ccc(CN4CCC(N(C)C)CC4)cc32)sc1C(N)=O)c1ccccc1CI. The molecule has 1 fully saturated rings. The monoisotopic (exact) mass is 643 g/mol. The Balaban J connectivity index is 1.40. The Labute approximate surface area is 241 Å². The highest BCUT2D eigenvalue weighted by molar-refractivity contribution is 14.1. The van der Waals surface area contributed by atoms with Gasteiger partial charge in [-0.05, 0) is 75.8 Å². The van der Waals surface area contributed by atoms with Crippen molar-refractivity contribution in [2.45, 2.75) is 42.9 Å². The molecule has 7 nitrogen and oxygen atoms in total. The van der Waals surface area contributed by atoms with Crippen LogP contribution in [0, 0.1) is 0 Å². The second-order valence-corrected chi connectivity index (χ2v) is 11.9. The summed E-state index contributed by atoms with van der Waals surface area (Å²) in [5.74, 6) is 0.0203. The Bertz CT molecular complexity index is 1420. The van der Waals surface area contributed by atoms with Crippen LogP contribution in [0.5, 0.6) is 5.75 Å². The molecular weight excluding hydrogens is 609 g/mol. The predicted molar refractivity (Wildman–Crippen MR) is 163 cm³/mol. The Morgan fingerprint density at radius 3 is 2.68 bits per heavy atom. The van der Waals surface area contributed by atoms with E-state index in [4.69, 9.17) is 10.5 Å². The molecule has 0 unspecified atom stereocenters. The molecule has 2 aromatic heterocycles. The summed E-state index contributed by atoms with van der Waals surface area (Å²) in [5, 5.41) is 0.856. The first-order valence-corrected chi connectivity index (χ1v) is 15.3. The third-order valence-corrected chi connectivity index (χ3v) is 9.34. The molecule has 200 valence electrons. The number of imidazole rings is 1. The number of carbonyl (C=O) groups is 1. The number of amides is 1. The number of hydrogen-bond acceptors (Lipinski definition) is 6. The van der Waals surface area contributed by atoms with Gasteiger partial charge in [-0.2, -0.15) is 0 Å². The van der Waals surface area contributed by atoms with Gasteiger partial charge < -0.3 is 15.4 Å². The maximum absolute atomic E-state index is 12.4. The zero-order valence-corrected chi connectivity index (χ0v) is 25.0. The van der Waals surface area contributed by atoms with E-state index in [0.717, 1.165) is 45.7 Å². The summed E-state index contributed by atoms with van der Waals surface area (Å²) < 4.78 is 9.26. The topological polar surface area (TPSA) is 76.6 Å². The lowest BCUT2D eigenvalue weighted by Gasteiger charge is -2.35. The third kappa shape index (κ3) is 5.75. The van der Waals surface area contributed by atoms with Gasteiger partial charge in [0.2, 0.25) is 0 Å². The number of ether oxygens (including phenoxy) is 1. The third-order valence-electron chi connectivity index (χ3n) is 7.39. The van der Waals surface area contributed by atoms with Gasteiger partial charge in [-0.1, -0.05) is 52.9 Å². The van der Waals surface area contributed by atoms with Crippen molar-refractivity contribution in [2.24, 2.45) is 5.73 Å². The number of primary amides is 1. The summed E-state index contributed by atoms with van der Waals surface area (Å²) in [4.78, 5) is 22.3. The number of piperidine rings is 1. The van der Waals surface area contributed by atoms with Crippen LogP contribution in [0.1, 0.15) is 52.2 Å². The van der Waals surface area contributed by atoms with E-state index in [2.05, 4.69) is 81.8 Å². The Morgan fingerprint density at radius 2 is 1.97 bits per heavy atom. The second kappa shape index (κ2) is 11.7. The molecule has 1 atom stereocenters. The van der Waals surface area contributed by atoms with Crippen molar-refractivity contribution in [3.05, 3.63) is 76.4 Å². The minimum absolute atomic E-state index is 0.218. The standard InChI is InChI=1S/C29H34IN5O2S/c1-19(23-7-5-4-6-21(23)16-30)37-26-15-27(38-28(26)29(31)36)35-18-32-24-9-8-20(14-25(24)35)17-34-12-10-22(11-13-34)33(2)3/h4-9,14-15,18-19,22H,10-13,16-17H2,1-3H3,(H2,31,36)/t19-/m1/s1. The number of aromatic nitrogens is 2. The molecule has 1 aliphatic heterocycles. The fraction of sp³-hybridized carbons (Fsp3) is 0.379. The predicted octanol–water partition coefficient (Wildman–Crippen LogP) is 5.79. The van der Waals surface area contributed by atoms with E-state index < -0.39 is 5.91 Å². The van der Waals surface area contributed by atoms with Gasteiger partial charge in [-0.3, -0.25) is 14.3 Å². The van der Waals surface area contributed by atoms with Crippen molar-refractivity contribution >= 4 is 50.9 Å². The van der Waals surface area contributed by atoms with Crippen molar-refractivity contribution in [2.75, 3.05) is 27.2 Å². The maximum Gasteiger partial charge on any atom is 0.262 e. The first-order chi connectivity index (χ1) is 18.3. The molecule has 2 aromatic carbocycles. The highest BCUT2D eigenvalue weighted by Crippen LogP contribution is 2.36. The molecule has 1 amide bonds. The average Bonchev–Trinajstić information content (AvgIpc) is 3.53. The van der Waals surface area contributed by atoms with E-state index in [0.29, 0.717) is 16.7 Å². The zero-order valence-electron chi connectivity index (χ0n) is 22.1. The number of rotatable bonds is 9. The van der Waals surface area contributed by atoms with Gasteiger partial charge >= 0.3 is 0 Å². The lowest BCUT2D eigenvalue weighted by atomic mass is 10.0. The van der Waals surface area contributed by atoms with Crippen LogP contribution in [0.3, 0.4) is 0 Å². The van der Waals surface area contributed by atoms with Gasteiger partial charge in [0.1, 0.15) is 28.1 Å². The first kappa shape index (κ1) is 27.1. The molecule has 1 saturated heterocycles. The Kier molecular flexibility index (Phi) is 8.37. The van der Waals surface area contributed by atoms with Crippen LogP contribution in [-0.4, -0.2) is 58.5 Å². The van der Waals surface area contributed by atoms with Crippen LogP contribution in [0.15, 0.2) is 54.9 Å². The van der Waals surface area contributed by atoms with E-state index in [1.165, 1.54) is 35.3 Å². The largest absolute Gasteiger partial charge is 0.484 e. The van der Waals surface area contributed by atoms with E-state index in [1.54, 1.807) is 0 Å². The molecule has 0 radical (unpaired) electrons. The zero-order chi connectivity index (χ0) is 26.8. The smallest absolute Gasteiger partial charge is 0.262 e. The van der Waals surface area contributed by atoms with Crippen LogP contribution in [0.25, 0.3) is 16.0 Å². The molecule has 0 saturated carbocycles. The van der Waals surface area contributed by atoms with Crippen molar-refractivity contribution in [1.82, 2.24) is 19.4 Å². The van der Waals surface area contributed by atoms with Gasteiger partial charge in [-0.25, -0.2) is 4.98 Å². The fourth-order valence-corrected chi connectivity index (χ4v) is 6.85. The Morgan fingerprint density at radius 1 is 1.21 bits per heavy atom. The van der Waals surface area contributed by atoms with Crippen molar-refractivity contribution < 1.29 is 9.53 Å². The van der Waals surface area contributed by atoms with Crippen molar-refractivity contribution in [3.8, 4) is 10.8 Å². The summed E-state index contributed by atoms with van der Waals surface area (Å²) in [5.41, 5.74) is 11.3. The summed E-state index contributed by atoms with van der Waals surface area (Å²) in [7, 11) is 4.34. The molecule has 2 N–H and O–H groups in total. The number of carbonyl (C=O) groups excluding carboxylic acids is 1. The van der Waals surface area contributed by atoms with E-state index in [1.807, 2.05) is 36.0 Å². The number of hydrogen-bond donors (Lipinski definition) is 1. The summed E-state index contributed by atoms with van der Waals surface area (Å²) in [6.45, 7) is 5.13. The molecule has 9 heteroatoms. The van der Waals surface area contributed by atoms with Gasteiger partial charge in [0.25, 0.3) is 5.91 Å². The molecule has 1 aliphatic rings. The number of thiophene rings is 1. The summed E-state index contributed by atoms with van der Waals surface area (Å²) >= 11 is 3.70. The number of alkyl halides is 1. The lowest BCUT2D eigenvalue weighted by molar-refractivity contribution is 0.0998. The summed E-state index contributed by atoms with van der Waals surface area (Å²) in [6.07, 6.45) is 3.99. The van der Waals surface area contributed by atoms with Gasteiger partial charge in [0.15, 0.2) is 0 Å². The minimum Gasteiger partial charge on any atom is -0.484 e. The first-order valence-electron chi connectivity index (χ1n) is 12.9. The molecular formula is C29H34IN5O2S. The van der Waals surface area contributed by atoms with Crippen molar-refractivity contribution in [1.29, 1.82) is 0 Å². The fourth-order valence-electron chi connectivity index (χ4n) is 5.23. The van der Waals surface area contributed by atoms with Gasteiger partial charge in [0, 0.05) is 23.1 Å². The number of likely N-dealkylation sites (tertiary alicyclic amines) is 1. The average molecular weight is 644 g/mol. The number of benzene rings is 2. The van der Waals surface area contributed by atoms with E-state index in [9.17, 15) is 4.79 Å². The van der Waals surface area contributed by atoms with Crippen LogP contribution in [0.2, 0.25) is 0 Å². The molecule has 5 rings (SSSR count). The maximum atomic E-state index is 12.4. The second-order valence-electron chi connectivity index (χ2n) is 10.1. The normalized spacial score (nSPS) is 15.8. The summed E-state index contributed by atoms with van der Waals surface area (Å²) in [6, 6.07) is 17.3. The number of fused-ring (bicyclic) bond motifs is 1. The van der Waals surface area contributed by atoms with Gasteiger partial charge in [0.05, 0.1) is 11.0 Å². The highest BCUT2D eigenvalue weighted by Gasteiger charge is 2.22. The highest BCUT2D eigenvalue weighted by atomic mass is 127. The van der Waals surface area contributed by atoms with Crippen LogP contribution in [0.4, 0.5) is 0 Å². The van der Waals surface area contributed by atoms with Crippen LogP contribution >= 0.6 is 33.9 Å². The minimum atomic E-state index is -0.489. The van der Waals surface area contributed by atoms with E-state index >= 15 is 0 Å². The number of nitrogens with zero attached hydrogens (tertiary/aromatic N) is 4. The van der Waals surface area contributed by atoms with Crippen molar-refractivity contribution in [3.63, 3.8) is 0 Å². The van der Waals surface area contributed by atoms with Crippen LogP contribution < -0.4 is 10.5 Å². The molecule has 0 spiro atoms. The lowest BCUT2D eigenvalue weighted by Crippen LogP contribution is -2.41. The number of halogens is 1. The van der Waals surface area contributed by atoms with Gasteiger partial charge in [-0.15, -0.1) is 11.3 Å². The van der Waals surface area contributed by atoms with Crippen LogP contribution in [-0.2, 0) is 11.0 Å². The molecule has 0 bridgehead atoms. The Hall–Kier alpha value is -2.47. The molecule has 3 heterocycles.